The van der Waals surface area contributed by atoms with Crippen LogP contribution in [0.15, 0.2) is 36.4 Å². The van der Waals surface area contributed by atoms with Gasteiger partial charge in [-0.15, -0.1) is 0 Å². The largest absolute Gasteiger partial charge is 0.491 e. The molecule has 0 aliphatic carbocycles. The molecule has 0 bridgehead atoms. The van der Waals surface area contributed by atoms with Crippen LogP contribution in [0.25, 0.3) is 0 Å². The highest BCUT2D eigenvalue weighted by Gasteiger charge is 2.23. The fraction of sp³-hybridized carbons (Fsp3) is 0.333. The van der Waals surface area contributed by atoms with Gasteiger partial charge in [0.1, 0.15) is 11.4 Å². The molecule has 0 radical (unpaired) electrons. The van der Waals surface area contributed by atoms with Crippen molar-refractivity contribution in [3.05, 3.63) is 57.6 Å². The Balaban J connectivity index is 1.77. The van der Waals surface area contributed by atoms with Crippen LogP contribution in [0.1, 0.15) is 25.0 Å². The lowest BCUT2D eigenvalue weighted by Crippen LogP contribution is -2.07. The molecule has 0 saturated carbocycles. The molecule has 2 aromatic carbocycles. The molecule has 2 N–H and O–H groups in total. The van der Waals surface area contributed by atoms with Gasteiger partial charge in [0.05, 0.1) is 11.0 Å². The van der Waals surface area contributed by atoms with E-state index in [1.165, 1.54) is 0 Å². The summed E-state index contributed by atoms with van der Waals surface area (Å²) in [6.07, 6.45) is 0.927. The molecule has 6 nitrogen and oxygen atoms in total. The number of nitro benzene ring substituents is 1. The van der Waals surface area contributed by atoms with Gasteiger partial charge in [0, 0.05) is 30.4 Å². The monoisotopic (exact) mass is 327 g/mol. The zero-order valence-electron chi connectivity index (χ0n) is 13.8. The number of nitro groups is 1. The molecule has 6 heteroatoms. The minimum atomic E-state index is -0.333. The lowest BCUT2D eigenvalue weighted by Gasteiger charge is -2.13. The van der Waals surface area contributed by atoms with Crippen LogP contribution < -0.4 is 15.4 Å². The van der Waals surface area contributed by atoms with Gasteiger partial charge in [-0.25, -0.2) is 0 Å². The number of nitrogens with zero attached hydrogens (tertiary/aromatic N) is 1. The molecule has 1 heterocycles. The van der Waals surface area contributed by atoms with Gasteiger partial charge in [-0.3, -0.25) is 10.1 Å². The van der Waals surface area contributed by atoms with Gasteiger partial charge in [0.2, 0.25) is 0 Å². The summed E-state index contributed by atoms with van der Waals surface area (Å²) < 4.78 is 5.63. The maximum atomic E-state index is 11.3. The van der Waals surface area contributed by atoms with Crippen LogP contribution in [0.3, 0.4) is 0 Å². The smallest absolute Gasteiger partial charge is 0.292 e. The van der Waals surface area contributed by atoms with Gasteiger partial charge in [0.25, 0.3) is 5.69 Å². The maximum absolute atomic E-state index is 11.3. The number of nitrogens with one attached hydrogen (secondary N) is 2. The molecule has 0 spiro atoms. The Hall–Kier alpha value is -2.76. The predicted molar refractivity (Wildman–Crippen MR) is 94.8 cm³/mol. The van der Waals surface area contributed by atoms with E-state index >= 15 is 0 Å². The van der Waals surface area contributed by atoms with Crippen LogP contribution in [0.5, 0.6) is 5.75 Å². The molecule has 2 aromatic rings. The number of hydrogen-bond acceptors (Lipinski definition) is 5. The first-order valence-corrected chi connectivity index (χ1v) is 8.08. The van der Waals surface area contributed by atoms with Crippen LogP contribution in [0, 0.1) is 10.1 Å². The Morgan fingerprint density at radius 2 is 2.00 bits per heavy atom. The molecule has 0 fully saturated rings. The third kappa shape index (κ3) is 3.42. The number of benzene rings is 2. The molecule has 1 aliphatic heterocycles. The average Bonchev–Trinajstić information content (AvgIpc) is 3.02. The third-order valence-electron chi connectivity index (χ3n) is 3.94. The summed E-state index contributed by atoms with van der Waals surface area (Å²) in [7, 11) is 0. The summed E-state index contributed by atoms with van der Waals surface area (Å²) >= 11 is 0. The zero-order chi connectivity index (χ0) is 17.1. The number of fused-ring (bicyclic) bond motifs is 1. The van der Waals surface area contributed by atoms with E-state index in [0.29, 0.717) is 12.2 Å². The standard InChI is InChI=1S/C18H21N3O3/c1-12(2)24-14-5-3-13(4-6-14)11-20-18-15-9-10-19-16(15)7-8-17(18)21(22)23/h3-8,12,19-20H,9-11H2,1-2H3. The highest BCUT2D eigenvalue weighted by atomic mass is 16.6. The molecule has 24 heavy (non-hydrogen) atoms. The molecule has 0 aromatic heterocycles. The second-order valence-corrected chi connectivity index (χ2v) is 6.08. The average molecular weight is 327 g/mol. The lowest BCUT2D eigenvalue weighted by atomic mass is 10.1. The number of rotatable bonds is 6. The summed E-state index contributed by atoms with van der Waals surface area (Å²) in [5, 5.41) is 17.8. The van der Waals surface area contributed by atoms with Crippen molar-refractivity contribution in [1.29, 1.82) is 0 Å². The Morgan fingerprint density at radius 1 is 1.25 bits per heavy atom. The van der Waals surface area contributed by atoms with E-state index in [1.54, 1.807) is 12.1 Å². The normalized spacial score (nSPS) is 12.6. The van der Waals surface area contributed by atoms with Crippen molar-refractivity contribution in [3.63, 3.8) is 0 Å². The molecule has 0 amide bonds. The first-order chi connectivity index (χ1) is 11.5. The number of ether oxygens (including phenoxy) is 1. The van der Waals surface area contributed by atoms with Crippen molar-refractivity contribution in [2.24, 2.45) is 0 Å². The van der Waals surface area contributed by atoms with Gasteiger partial charge >= 0.3 is 0 Å². The lowest BCUT2D eigenvalue weighted by molar-refractivity contribution is -0.384. The van der Waals surface area contributed by atoms with E-state index in [2.05, 4.69) is 10.6 Å². The minimum Gasteiger partial charge on any atom is -0.491 e. The van der Waals surface area contributed by atoms with Crippen LogP contribution in [0.4, 0.5) is 17.1 Å². The Bertz CT molecular complexity index is 742. The zero-order valence-corrected chi connectivity index (χ0v) is 13.8. The first-order valence-electron chi connectivity index (χ1n) is 8.08. The van der Waals surface area contributed by atoms with Gasteiger partial charge in [-0.1, -0.05) is 12.1 Å². The van der Waals surface area contributed by atoms with Crippen molar-refractivity contribution in [2.75, 3.05) is 17.2 Å². The molecule has 0 unspecified atom stereocenters. The van der Waals surface area contributed by atoms with Crippen LogP contribution >= 0.6 is 0 Å². The highest BCUT2D eigenvalue weighted by Crippen LogP contribution is 2.37. The summed E-state index contributed by atoms with van der Waals surface area (Å²) in [6.45, 7) is 5.31. The van der Waals surface area contributed by atoms with E-state index in [1.807, 2.05) is 38.1 Å². The molecule has 0 atom stereocenters. The Labute approximate surface area is 141 Å². The van der Waals surface area contributed by atoms with Crippen molar-refractivity contribution in [2.45, 2.75) is 32.9 Å². The molecule has 126 valence electrons. The van der Waals surface area contributed by atoms with Crippen LogP contribution in [0.2, 0.25) is 0 Å². The van der Waals surface area contributed by atoms with E-state index in [4.69, 9.17) is 4.74 Å². The second-order valence-electron chi connectivity index (χ2n) is 6.08. The van der Waals surface area contributed by atoms with Gasteiger partial charge < -0.3 is 15.4 Å². The quantitative estimate of drug-likeness (QED) is 0.620. The number of hydrogen-bond donors (Lipinski definition) is 2. The summed E-state index contributed by atoms with van der Waals surface area (Å²) in [5.41, 5.74) is 3.75. The SMILES string of the molecule is CC(C)Oc1ccc(CNc2c([N+](=O)[O-])ccc3c2CCN3)cc1. The first kappa shape index (κ1) is 16.1. The van der Waals surface area contributed by atoms with E-state index in [-0.39, 0.29) is 16.7 Å². The summed E-state index contributed by atoms with van der Waals surface area (Å²) in [6, 6.07) is 11.1. The van der Waals surface area contributed by atoms with E-state index in [0.717, 1.165) is 35.5 Å². The van der Waals surface area contributed by atoms with Gasteiger partial charge in [-0.2, -0.15) is 0 Å². The molecule has 1 aliphatic rings. The Kier molecular flexibility index (Phi) is 4.55. The van der Waals surface area contributed by atoms with Crippen molar-refractivity contribution >= 4 is 17.1 Å². The van der Waals surface area contributed by atoms with Crippen LogP contribution in [-0.4, -0.2) is 17.6 Å². The maximum Gasteiger partial charge on any atom is 0.292 e. The highest BCUT2D eigenvalue weighted by molar-refractivity contribution is 5.77. The number of anilines is 2. The molecule has 3 rings (SSSR count). The third-order valence-corrected chi connectivity index (χ3v) is 3.94. The van der Waals surface area contributed by atoms with Crippen molar-refractivity contribution < 1.29 is 9.66 Å². The van der Waals surface area contributed by atoms with Crippen molar-refractivity contribution in [3.8, 4) is 5.75 Å². The second kappa shape index (κ2) is 6.78. The minimum absolute atomic E-state index is 0.122. The molecule has 0 saturated heterocycles. The predicted octanol–water partition coefficient (Wildman–Crippen LogP) is 3.96. The molecular formula is C18H21N3O3. The topological polar surface area (TPSA) is 76.4 Å². The summed E-state index contributed by atoms with van der Waals surface area (Å²) in [4.78, 5) is 11.0. The van der Waals surface area contributed by atoms with Gasteiger partial charge in [0.15, 0.2) is 0 Å². The molecular weight excluding hydrogens is 306 g/mol. The summed E-state index contributed by atoms with van der Waals surface area (Å²) in [5.74, 6) is 0.824. The fourth-order valence-electron chi connectivity index (χ4n) is 2.88. The Morgan fingerprint density at radius 3 is 2.67 bits per heavy atom. The van der Waals surface area contributed by atoms with Crippen molar-refractivity contribution in [1.82, 2.24) is 0 Å². The van der Waals surface area contributed by atoms with E-state index in [9.17, 15) is 10.1 Å². The van der Waals surface area contributed by atoms with Crippen LogP contribution in [-0.2, 0) is 13.0 Å². The van der Waals surface area contributed by atoms with E-state index < -0.39 is 0 Å². The van der Waals surface area contributed by atoms with Gasteiger partial charge in [-0.05, 0) is 44.0 Å². The fourth-order valence-corrected chi connectivity index (χ4v) is 2.88.